The van der Waals surface area contributed by atoms with Crippen LogP contribution >= 0.6 is 0 Å². The summed E-state index contributed by atoms with van der Waals surface area (Å²) in [5.41, 5.74) is 0. The Balaban J connectivity index is -0.0000000450. The summed E-state index contributed by atoms with van der Waals surface area (Å²) in [5.74, 6) is 0. The SMILES string of the molecule is FC(F)F.FC(F)F.[Cs+].[N-]=S(=O)=O. The Morgan fingerprint density at radius 2 is 0.846 bits per heavy atom. The van der Waals surface area contributed by atoms with Gasteiger partial charge in [0.25, 0.3) is 0 Å². The van der Waals surface area contributed by atoms with Crippen LogP contribution in [-0.4, -0.2) is 21.8 Å². The van der Waals surface area contributed by atoms with Gasteiger partial charge in [0.1, 0.15) is 10.5 Å². The van der Waals surface area contributed by atoms with E-state index in [1.807, 2.05) is 0 Å². The first-order chi connectivity index (χ1) is 5.20. The van der Waals surface area contributed by atoms with Gasteiger partial charge in [-0.05, 0) is 0 Å². The van der Waals surface area contributed by atoms with Gasteiger partial charge >= 0.3 is 82.3 Å². The van der Waals surface area contributed by atoms with Crippen LogP contribution in [0.4, 0.5) is 26.3 Å². The molecule has 11 heteroatoms. The van der Waals surface area contributed by atoms with Crippen molar-refractivity contribution in [1.29, 1.82) is 0 Å². The molecule has 0 bridgehead atoms. The van der Waals surface area contributed by atoms with E-state index in [0.29, 0.717) is 0 Å². The largest absolute Gasteiger partial charge is 1.00 e. The van der Waals surface area contributed by atoms with E-state index in [0.717, 1.165) is 0 Å². The van der Waals surface area contributed by atoms with Gasteiger partial charge in [-0.2, -0.15) is 26.3 Å². The zero-order chi connectivity index (χ0) is 10.7. The van der Waals surface area contributed by atoms with Gasteiger partial charge in [-0.25, -0.2) is 8.42 Å². The number of halogens is 6. The summed E-state index contributed by atoms with van der Waals surface area (Å²) >= 11 is 0. The van der Waals surface area contributed by atoms with E-state index in [1.54, 1.807) is 0 Å². The third kappa shape index (κ3) is 1070. The van der Waals surface area contributed by atoms with Gasteiger partial charge in [-0.15, -0.1) is 0 Å². The number of alkyl halides is 6. The van der Waals surface area contributed by atoms with Crippen LogP contribution in [0, 0.1) is 0 Å². The first-order valence-corrected chi connectivity index (χ1v) is 2.86. The predicted molar refractivity (Wildman–Crippen MR) is 26.5 cm³/mol. The van der Waals surface area contributed by atoms with Gasteiger partial charge in [0.05, 0.1) is 0 Å². The first kappa shape index (κ1) is 23.8. The molecule has 0 spiro atoms. The Hall–Kier alpha value is 1.25. The van der Waals surface area contributed by atoms with Crippen LogP contribution in [0.5, 0.6) is 0 Å². The van der Waals surface area contributed by atoms with E-state index in [4.69, 9.17) is 13.2 Å². The number of hydrogen-bond acceptors (Lipinski definition) is 2. The van der Waals surface area contributed by atoms with Gasteiger partial charge < -0.3 is 4.78 Å². The van der Waals surface area contributed by atoms with E-state index in [1.165, 1.54) is 0 Å². The average Bonchev–Trinajstić information content (AvgIpc) is 1.54. The molecule has 3 nitrogen and oxygen atoms in total. The summed E-state index contributed by atoms with van der Waals surface area (Å²) in [7, 11) is -2.86. The third-order valence-electron chi connectivity index (χ3n) is 0. The summed E-state index contributed by atoms with van der Waals surface area (Å²) in [6.07, 6.45) is 0. The van der Waals surface area contributed by atoms with E-state index in [9.17, 15) is 26.3 Å². The van der Waals surface area contributed by atoms with Crippen LogP contribution in [0.3, 0.4) is 0 Å². The maximum absolute atomic E-state index is 9.67. The molecule has 0 heterocycles. The van der Waals surface area contributed by atoms with Crippen LogP contribution < -0.4 is 68.9 Å². The molecule has 0 N–H and O–H groups in total. The summed E-state index contributed by atoms with van der Waals surface area (Å²) < 4.78 is 82.1. The second-order valence-electron chi connectivity index (χ2n) is 0.712. The molecule has 0 unspecified atom stereocenters. The molecule has 0 radical (unpaired) electrons. The van der Waals surface area contributed by atoms with Crippen molar-refractivity contribution in [1.82, 2.24) is 0 Å². The zero-order valence-corrected chi connectivity index (χ0v) is 13.2. The van der Waals surface area contributed by atoms with E-state index in [2.05, 4.69) is 0 Å². The van der Waals surface area contributed by atoms with Crippen LogP contribution in [0.1, 0.15) is 0 Å². The standard InChI is InChI=1S/2CHF3.Cs.NO2S/c2*2-1(3)4;;1-4(2)3/h2*1H;;/q;;+1;-1. The Morgan fingerprint density at radius 3 is 0.846 bits per heavy atom. The van der Waals surface area contributed by atoms with Crippen LogP contribution in [0.25, 0.3) is 4.78 Å². The van der Waals surface area contributed by atoms with Crippen molar-refractivity contribution in [3.8, 4) is 0 Å². The van der Waals surface area contributed by atoms with Gasteiger partial charge in [-0.1, -0.05) is 0 Å². The molecule has 0 aromatic heterocycles. The van der Waals surface area contributed by atoms with Gasteiger partial charge in [0.15, 0.2) is 0 Å². The molecule has 76 valence electrons. The van der Waals surface area contributed by atoms with Crippen LogP contribution in [0.15, 0.2) is 0 Å². The Kier molecular flexibility index (Phi) is 34.7. The minimum atomic E-state index is -3.67. The maximum Gasteiger partial charge on any atom is 1.00 e. The van der Waals surface area contributed by atoms with Gasteiger partial charge in [0.2, 0.25) is 0 Å². The summed E-state index contributed by atoms with van der Waals surface area (Å²) in [6, 6.07) is 0. The quantitative estimate of drug-likeness (QED) is 0.525. The zero-order valence-electron chi connectivity index (χ0n) is 6.09. The molecule has 0 fully saturated rings. The van der Waals surface area contributed by atoms with Crippen molar-refractivity contribution in [2.45, 2.75) is 13.4 Å². The number of nitrogens with zero attached hydrogens (tertiary/aromatic N) is 1. The number of hydrogen-bond donors (Lipinski definition) is 0. The Bertz CT molecular complexity index is 150. The molecule has 0 atom stereocenters. The average molecular weight is 351 g/mol. The van der Waals surface area contributed by atoms with Crippen LogP contribution in [0.2, 0.25) is 0 Å². The second kappa shape index (κ2) is 18.9. The van der Waals surface area contributed by atoms with Crippen molar-refractivity contribution < 1.29 is 104 Å². The fourth-order valence-electron chi connectivity index (χ4n) is 0. The second-order valence-corrected chi connectivity index (χ2v) is 1.15. The van der Waals surface area contributed by atoms with E-state index >= 15 is 0 Å². The molecule has 0 amide bonds. The molecule has 0 aromatic carbocycles. The van der Waals surface area contributed by atoms with Crippen LogP contribution in [-0.2, 0) is 10.5 Å². The monoisotopic (exact) mass is 351 g/mol. The molecule has 0 saturated heterocycles. The third-order valence-corrected chi connectivity index (χ3v) is 0. The number of rotatable bonds is 0. The molecular formula is C2H2CsF6NO2S. The van der Waals surface area contributed by atoms with E-state index < -0.39 is 23.9 Å². The maximum atomic E-state index is 9.67. The molecule has 0 aliphatic heterocycles. The molecule has 0 aliphatic carbocycles. The fourth-order valence-corrected chi connectivity index (χ4v) is 0. The molecule has 0 aliphatic rings. The van der Waals surface area contributed by atoms with Crippen molar-refractivity contribution in [2.75, 3.05) is 0 Å². The van der Waals surface area contributed by atoms with Crippen molar-refractivity contribution in [3.63, 3.8) is 0 Å². The summed E-state index contributed by atoms with van der Waals surface area (Å²) in [6.45, 7) is -7.33. The van der Waals surface area contributed by atoms with Gasteiger partial charge in [0, 0.05) is 0 Å². The normalized spacial score (nSPS) is 7.38. The summed E-state index contributed by atoms with van der Waals surface area (Å²) in [5, 5.41) is 0. The first-order valence-electron chi connectivity index (χ1n) is 1.83. The van der Waals surface area contributed by atoms with Crippen molar-refractivity contribution in [3.05, 3.63) is 4.78 Å². The summed E-state index contributed by atoms with van der Waals surface area (Å²) in [4.78, 5) is 0. The Morgan fingerprint density at radius 1 is 0.846 bits per heavy atom. The van der Waals surface area contributed by atoms with E-state index in [-0.39, 0.29) is 68.9 Å². The fraction of sp³-hybridized carbons (Fsp3) is 1.00. The van der Waals surface area contributed by atoms with Gasteiger partial charge in [-0.3, -0.25) is 0 Å². The minimum absolute atomic E-state index is 0. The van der Waals surface area contributed by atoms with Crippen molar-refractivity contribution >= 4 is 10.5 Å². The smallest absolute Gasteiger partial charge is 0.686 e. The molecule has 0 rings (SSSR count). The predicted octanol–water partition coefficient (Wildman–Crippen LogP) is -1.02. The molecule has 0 aromatic rings. The molecule has 0 saturated carbocycles. The minimum Gasteiger partial charge on any atom is -0.686 e. The Labute approximate surface area is 130 Å². The topological polar surface area (TPSA) is 56.4 Å². The molecule has 13 heavy (non-hydrogen) atoms. The van der Waals surface area contributed by atoms with Crippen molar-refractivity contribution in [2.24, 2.45) is 0 Å². The molecular weight excluding hydrogens is 349 g/mol.